The zero-order chi connectivity index (χ0) is 75.5. The third-order valence-electron chi connectivity index (χ3n) is 16.7. The van der Waals surface area contributed by atoms with E-state index in [1.54, 1.807) is 74.5 Å². The summed E-state index contributed by atoms with van der Waals surface area (Å²) in [5.41, 5.74) is 0.683. The van der Waals surface area contributed by atoms with Gasteiger partial charge in [0.1, 0.15) is 142 Å². The van der Waals surface area contributed by atoms with Crippen molar-refractivity contribution in [3.8, 4) is 68.6 Å². The van der Waals surface area contributed by atoms with Gasteiger partial charge in [-0.3, -0.25) is 9.59 Å². The van der Waals surface area contributed by atoms with Crippen LogP contribution < -0.4 is 39.3 Å². The molecule has 10 rings (SSSR count). The molecule has 4 fully saturated rings. The number of aliphatic hydroxyl groups is 16. The maximum absolute atomic E-state index is 14.3. The van der Waals surface area contributed by atoms with Gasteiger partial charge in [0.2, 0.25) is 47.5 Å². The van der Waals surface area contributed by atoms with Gasteiger partial charge in [0.05, 0.1) is 39.6 Å². The minimum atomic E-state index is -1.77. The maximum atomic E-state index is 14.3. The molecule has 0 spiro atoms. The molecule has 2 aromatic heterocycles. The van der Waals surface area contributed by atoms with Crippen molar-refractivity contribution >= 4 is 21.9 Å². The summed E-state index contributed by atoms with van der Waals surface area (Å²) in [7, 11) is 2.94. The van der Waals surface area contributed by atoms with E-state index < -0.39 is 170 Å². The molecule has 0 unspecified atom stereocenters. The van der Waals surface area contributed by atoms with Crippen LogP contribution >= 0.6 is 0 Å². The zero-order valence-electron chi connectivity index (χ0n) is 57.5. The van der Waals surface area contributed by atoms with E-state index >= 15 is 0 Å². The minimum Gasteiger partial charge on any atom is -0.507 e. The fourth-order valence-electron chi connectivity index (χ4n) is 11.0. The molecular weight excluding hydrogens is 1350 g/mol. The molecule has 4 aromatic carbocycles. The van der Waals surface area contributed by atoms with Crippen LogP contribution in [0.15, 0.2) is 102 Å². The lowest BCUT2D eigenvalue weighted by Gasteiger charge is -2.39. The number of fused-ring (bicyclic) bond motifs is 2. The van der Waals surface area contributed by atoms with Crippen LogP contribution in [-0.2, 0) is 31.8 Å². The molecule has 4 aliphatic rings. The van der Waals surface area contributed by atoms with E-state index in [2.05, 4.69) is 0 Å². The Morgan fingerprint density at radius 2 is 0.725 bits per heavy atom. The molecule has 4 saturated heterocycles. The molecule has 0 saturated carbocycles. The van der Waals surface area contributed by atoms with Gasteiger partial charge in [-0.05, 0) is 117 Å². The molecule has 0 bridgehead atoms. The van der Waals surface area contributed by atoms with E-state index in [1.807, 2.05) is 27.7 Å². The quantitative estimate of drug-likeness (QED) is 0.0509. The predicted molar refractivity (Wildman–Crippen MR) is 359 cm³/mol. The number of aliphatic hydroxyl groups excluding tert-OH is 16. The van der Waals surface area contributed by atoms with Gasteiger partial charge in [0, 0.05) is 47.6 Å². The van der Waals surface area contributed by atoms with E-state index in [9.17, 15) is 91.3 Å². The lowest BCUT2D eigenvalue weighted by atomic mass is 9.99. The molecule has 32 heteroatoms. The number of phenols is 2. The first-order chi connectivity index (χ1) is 48.4. The van der Waals surface area contributed by atoms with Crippen molar-refractivity contribution in [3.63, 3.8) is 0 Å². The third kappa shape index (κ3) is 18.1. The van der Waals surface area contributed by atoms with Crippen molar-refractivity contribution in [1.29, 1.82) is 0 Å². The first-order valence-corrected chi connectivity index (χ1v) is 32.5. The summed E-state index contributed by atoms with van der Waals surface area (Å²) in [6, 6.07) is 14.8. The lowest BCUT2D eigenvalue weighted by Crippen LogP contribution is -2.60. The first kappa shape index (κ1) is 81.7. The van der Waals surface area contributed by atoms with Gasteiger partial charge in [-0.1, -0.05) is 23.3 Å². The van der Waals surface area contributed by atoms with Crippen LogP contribution in [0.4, 0.5) is 0 Å². The largest absolute Gasteiger partial charge is 0.507 e. The second-order valence-corrected chi connectivity index (χ2v) is 24.6. The standard InChI is InChI=1S/2C33H40O15.2C2H6O/c2*1-13(2)5-10-17-19(45-33-28(42)26(40)23(37)20(12-34)46-33)11-18(35)21-24(38)31(48-32-27(41)25(39)22(36)14(3)44-32)29(47-30(17)21)15-6-8-16(43-4)9-7-15;2*1-2-3/h2*5-9,11,14,20,22-23,25-28,32-37,39-42H,10,12H2,1-4H3;2*3H,2H2,1H3/t2*14-,20+,22-,23+,25+,26-,27+,28+,32-,33+;;/m00../s1. The molecule has 564 valence electrons. The summed E-state index contributed by atoms with van der Waals surface area (Å²) < 4.78 is 69.0. The molecular formula is C70H92O32. The Bertz CT molecular complexity index is 3650. The Morgan fingerprint density at radius 3 is 1.01 bits per heavy atom. The number of phenolic OH excluding ortho intramolecular Hbond substituents is 2. The highest BCUT2D eigenvalue weighted by molar-refractivity contribution is 5.92. The molecule has 32 nitrogen and oxygen atoms in total. The van der Waals surface area contributed by atoms with Crippen LogP contribution in [0.2, 0.25) is 0 Å². The Labute approximate surface area is 584 Å². The summed E-state index contributed by atoms with van der Waals surface area (Å²) in [4.78, 5) is 28.5. The van der Waals surface area contributed by atoms with Crippen molar-refractivity contribution < 1.29 is 148 Å². The van der Waals surface area contributed by atoms with Gasteiger partial charge in [-0.15, -0.1) is 0 Å². The van der Waals surface area contributed by atoms with Crippen LogP contribution in [0, 0.1) is 0 Å². The van der Waals surface area contributed by atoms with Crippen molar-refractivity contribution in [2.24, 2.45) is 0 Å². The molecule has 0 amide bonds. The van der Waals surface area contributed by atoms with Crippen molar-refractivity contribution in [3.05, 3.63) is 116 Å². The molecule has 4 aliphatic heterocycles. The van der Waals surface area contributed by atoms with Gasteiger partial charge in [0.25, 0.3) is 0 Å². The molecule has 6 aromatic rings. The molecule has 18 N–H and O–H groups in total. The van der Waals surface area contributed by atoms with Gasteiger partial charge in [0.15, 0.2) is 11.5 Å². The van der Waals surface area contributed by atoms with E-state index in [0.29, 0.717) is 22.6 Å². The second-order valence-electron chi connectivity index (χ2n) is 24.6. The van der Waals surface area contributed by atoms with Crippen LogP contribution in [0.5, 0.6) is 46.0 Å². The Balaban J connectivity index is 0.000000265. The highest BCUT2D eigenvalue weighted by Gasteiger charge is 2.49. The zero-order valence-corrected chi connectivity index (χ0v) is 57.5. The maximum Gasteiger partial charge on any atom is 0.239 e. The van der Waals surface area contributed by atoms with Gasteiger partial charge in [-0.2, -0.15) is 0 Å². The lowest BCUT2D eigenvalue weighted by molar-refractivity contribution is -0.277. The van der Waals surface area contributed by atoms with Crippen LogP contribution in [0.25, 0.3) is 44.6 Å². The normalized spacial score (nSPS) is 29.1. The monoisotopic (exact) mass is 1440 g/mol. The molecule has 0 radical (unpaired) electrons. The van der Waals surface area contributed by atoms with E-state index in [4.69, 9.17) is 66.4 Å². The minimum absolute atomic E-state index is 0.0725. The summed E-state index contributed by atoms with van der Waals surface area (Å²) in [5.74, 6) is -1.84. The SMILES string of the molecule is CCO.CCO.COc1ccc(-c2oc3c(CC=C(C)C)c(O[C@@H]4O[C@H](CO)[C@@H](O)[C@H](O)[C@H]4O)cc(O)c3c(=O)c2O[C@@H]2O[C@@H](C)[C@H](O)[C@@H](O)[C@H]2O)cc1.COc1ccc(-c2oc3c(CC=C(C)C)c(O[C@@H]4O[C@H](CO)[C@@H](O)[C@H](O)[C@H]4O)cc(O)c3c(=O)c2O[C@@H]2O[C@@H](C)[C@H](O)[C@@H](O)[C@H]2O)cc1. The average Bonchev–Trinajstić information content (AvgIpc) is 0.746. The van der Waals surface area contributed by atoms with Crippen LogP contribution in [0.3, 0.4) is 0 Å². The molecule has 102 heavy (non-hydrogen) atoms. The van der Waals surface area contributed by atoms with Gasteiger partial charge >= 0.3 is 0 Å². The number of ether oxygens (including phenoxy) is 10. The first-order valence-electron chi connectivity index (χ1n) is 32.5. The number of methoxy groups -OCH3 is 2. The van der Waals surface area contributed by atoms with E-state index in [0.717, 1.165) is 23.3 Å². The van der Waals surface area contributed by atoms with Gasteiger partial charge in [-0.25, -0.2) is 0 Å². The summed E-state index contributed by atoms with van der Waals surface area (Å²) in [6.45, 7) is 12.7. The highest BCUT2D eigenvalue weighted by atomic mass is 16.7. The van der Waals surface area contributed by atoms with Crippen molar-refractivity contribution in [2.75, 3.05) is 40.6 Å². The fraction of sp³-hybridized carbons (Fsp3) is 0.514. The third-order valence-corrected chi connectivity index (χ3v) is 16.7. The number of hydrogen-bond donors (Lipinski definition) is 18. The summed E-state index contributed by atoms with van der Waals surface area (Å²) in [6.07, 6.45) is -27.3. The Kier molecular flexibility index (Phi) is 29.0. The number of rotatable bonds is 18. The van der Waals surface area contributed by atoms with Crippen molar-refractivity contribution in [2.45, 2.75) is 191 Å². The Morgan fingerprint density at radius 1 is 0.431 bits per heavy atom. The number of aromatic hydroxyl groups is 2. The van der Waals surface area contributed by atoms with E-state index in [1.165, 1.54) is 28.1 Å². The fourth-order valence-corrected chi connectivity index (χ4v) is 11.0. The number of hydrogen-bond acceptors (Lipinski definition) is 32. The topological polar surface area (TPSA) is 517 Å². The number of allylic oxidation sites excluding steroid dienone is 4. The molecule has 20 atom stereocenters. The highest BCUT2D eigenvalue weighted by Crippen LogP contribution is 2.45. The van der Waals surface area contributed by atoms with Crippen LogP contribution in [0.1, 0.15) is 66.5 Å². The summed E-state index contributed by atoms with van der Waals surface area (Å²) in [5, 5.41) is 181. The summed E-state index contributed by atoms with van der Waals surface area (Å²) >= 11 is 0. The van der Waals surface area contributed by atoms with Crippen LogP contribution in [-0.4, -0.2) is 255 Å². The van der Waals surface area contributed by atoms with E-state index in [-0.39, 0.29) is 82.1 Å². The molecule has 6 heterocycles. The average molecular weight is 1450 g/mol. The molecule has 0 aliphatic carbocycles. The second kappa shape index (κ2) is 36.2. The number of benzene rings is 4. The van der Waals surface area contributed by atoms with Gasteiger partial charge < -0.3 is 148 Å². The smallest absolute Gasteiger partial charge is 0.239 e. The van der Waals surface area contributed by atoms with Crippen molar-refractivity contribution in [1.82, 2.24) is 0 Å². The Hall–Kier alpha value is -7.62. The predicted octanol–water partition coefficient (Wildman–Crippen LogP) is 0.133.